The SMILES string of the molecule is O=[N+]([O-])c1ccc2occc2c1. The molecule has 0 amide bonds. The molecule has 0 saturated heterocycles. The average molecular weight is 163 g/mol. The normalized spacial score (nSPS) is 10.3. The highest BCUT2D eigenvalue weighted by molar-refractivity contribution is 5.79. The molecule has 1 aromatic heterocycles. The van der Waals surface area contributed by atoms with Crippen LogP contribution < -0.4 is 0 Å². The van der Waals surface area contributed by atoms with E-state index in [1.807, 2.05) is 0 Å². The third-order valence-electron chi connectivity index (χ3n) is 1.65. The first-order valence-corrected chi connectivity index (χ1v) is 3.39. The highest BCUT2D eigenvalue weighted by atomic mass is 16.6. The Balaban J connectivity index is 2.68. The summed E-state index contributed by atoms with van der Waals surface area (Å²) < 4.78 is 5.03. The predicted molar refractivity (Wildman–Crippen MR) is 42.9 cm³/mol. The fourth-order valence-corrected chi connectivity index (χ4v) is 1.07. The topological polar surface area (TPSA) is 56.3 Å². The second-order valence-corrected chi connectivity index (χ2v) is 2.40. The van der Waals surface area contributed by atoms with Crippen molar-refractivity contribution < 1.29 is 9.34 Å². The maximum Gasteiger partial charge on any atom is 0.270 e. The van der Waals surface area contributed by atoms with Gasteiger partial charge in [-0.2, -0.15) is 0 Å². The van der Waals surface area contributed by atoms with E-state index < -0.39 is 4.92 Å². The number of nitro benzene ring substituents is 1. The van der Waals surface area contributed by atoms with Crippen LogP contribution in [-0.2, 0) is 0 Å². The van der Waals surface area contributed by atoms with Crippen molar-refractivity contribution in [2.75, 3.05) is 0 Å². The van der Waals surface area contributed by atoms with E-state index >= 15 is 0 Å². The predicted octanol–water partition coefficient (Wildman–Crippen LogP) is 2.34. The number of rotatable bonds is 1. The van der Waals surface area contributed by atoms with Crippen LogP contribution in [-0.4, -0.2) is 4.92 Å². The van der Waals surface area contributed by atoms with Crippen molar-refractivity contribution in [1.29, 1.82) is 0 Å². The number of nitro groups is 1. The van der Waals surface area contributed by atoms with Crippen molar-refractivity contribution in [1.82, 2.24) is 0 Å². The molecular weight excluding hydrogens is 158 g/mol. The Hall–Kier alpha value is -1.84. The van der Waals surface area contributed by atoms with Gasteiger partial charge in [0.1, 0.15) is 5.58 Å². The summed E-state index contributed by atoms with van der Waals surface area (Å²) >= 11 is 0. The van der Waals surface area contributed by atoms with Gasteiger partial charge in [0.25, 0.3) is 5.69 Å². The molecule has 0 spiro atoms. The molecule has 0 aliphatic heterocycles. The van der Waals surface area contributed by atoms with Crippen molar-refractivity contribution in [2.45, 2.75) is 0 Å². The van der Waals surface area contributed by atoms with Gasteiger partial charge < -0.3 is 4.42 Å². The Kier molecular flexibility index (Phi) is 1.33. The van der Waals surface area contributed by atoms with Crippen molar-refractivity contribution >= 4 is 16.7 Å². The van der Waals surface area contributed by atoms with Crippen LogP contribution in [0.3, 0.4) is 0 Å². The third kappa shape index (κ3) is 0.934. The van der Waals surface area contributed by atoms with Crippen molar-refractivity contribution in [3.8, 4) is 0 Å². The summed E-state index contributed by atoms with van der Waals surface area (Å²) in [6, 6.07) is 6.19. The number of nitrogens with zero attached hydrogens (tertiary/aromatic N) is 1. The molecule has 0 bridgehead atoms. The van der Waals surface area contributed by atoms with Gasteiger partial charge in [-0.25, -0.2) is 0 Å². The zero-order valence-electron chi connectivity index (χ0n) is 6.06. The Morgan fingerprint density at radius 2 is 2.17 bits per heavy atom. The second kappa shape index (κ2) is 2.34. The lowest BCUT2D eigenvalue weighted by Gasteiger charge is -1.89. The minimum absolute atomic E-state index is 0.0869. The number of benzene rings is 1. The smallest absolute Gasteiger partial charge is 0.270 e. The van der Waals surface area contributed by atoms with E-state index in [4.69, 9.17) is 4.42 Å². The van der Waals surface area contributed by atoms with Gasteiger partial charge in [-0.15, -0.1) is 0 Å². The first kappa shape index (κ1) is 6.84. The highest BCUT2D eigenvalue weighted by Gasteiger charge is 2.06. The molecular formula is C8H5NO3. The maximum absolute atomic E-state index is 10.3. The molecule has 1 aromatic carbocycles. The molecule has 60 valence electrons. The Labute approximate surface area is 67.6 Å². The summed E-state index contributed by atoms with van der Waals surface area (Å²) in [5.41, 5.74) is 0.754. The lowest BCUT2D eigenvalue weighted by molar-refractivity contribution is -0.384. The lowest BCUT2D eigenvalue weighted by Crippen LogP contribution is -1.85. The lowest BCUT2D eigenvalue weighted by atomic mass is 10.2. The Morgan fingerprint density at radius 3 is 2.92 bits per heavy atom. The molecule has 0 unspecified atom stereocenters. The summed E-state index contributed by atoms with van der Waals surface area (Å²) in [7, 11) is 0. The first-order valence-electron chi connectivity index (χ1n) is 3.39. The van der Waals surface area contributed by atoms with Crippen molar-refractivity contribution in [3.05, 3.63) is 40.6 Å². The number of hydrogen-bond donors (Lipinski definition) is 0. The number of non-ortho nitro benzene ring substituents is 1. The van der Waals surface area contributed by atoms with Gasteiger partial charge in [0.2, 0.25) is 0 Å². The summed E-state index contributed by atoms with van der Waals surface area (Å²) in [6.07, 6.45) is 1.51. The van der Waals surface area contributed by atoms with Gasteiger partial charge >= 0.3 is 0 Å². The van der Waals surface area contributed by atoms with Crippen LogP contribution in [0, 0.1) is 10.1 Å². The van der Waals surface area contributed by atoms with Crippen LogP contribution in [0.4, 0.5) is 5.69 Å². The van der Waals surface area contributed by atoms with Gasteiger partial charge in [-0.3, -0.25) is 10.1 Å². The zero-order valence-corrected chi connectivity index (χ0v) is 6.06. The van der Waals surface area contributed by atoms with Crippen LogP contribution >= 0.6 is 0 Å². The molecule has 0 radical (unpaired) electrons. The van der Waals surface area contributed by atoms with Crippen molar-refractivity contribution in [2.24, 2.45) is 0 Å². The van der Waals surface area contributed by atoms with Gasteiger partial charge in [0, 0.05) is 17.5 Å². The number of fused-ring (bicyclic) bond motifs is 1. The molecule has 4 nitrogen and oxygen atoms in total. The molecule has 0 saturated carbocycles. The van der Waals surface area contributed by atoms with Gasteiger partial charge in [0.05, 0.1) is 11.2 Å². The van der Waals surface area contributed by atoms with Gasteiger partial charge in [-0.05, 0) is 12.1 Å². The quantitative estimate of drug-likeness (QED) is 0.478. The van der Waals surface area contributed by atoms with E-state index in [0.29, 0.717) is 5.58 Å². The first-order chi connectivity index (χ1) is 5.77. The monoisotopic (exact) mass is 163 g/mol. The summed E-state index contributed by atoms with van der Waals surface area (Å²) in [4.78, 5) is 9.92. The fraction of sp³-hybridized carbons (Fsp3) is 0. The van der Waals surface area contributed by atoms with E-state index in [-0.39, 0.29) is 5.69 Å². The highest BCUT2D eigenvalue weighted by Crippen LogP contribution is 2.20. The molecule has 0 aliphatic rings. The van der Waals surface area contributed by atoms with E-state index in [2.05, 4.69) is 0 Å². The zero-order chi connectivity index (χ0) is 8.55. The fourth-order valence-electron chi connectivity index (χ4n) is 1.07. The summed E-state index contributed by atoms with van der Waals surface area (Å²) in [5, 5.41) is 11.1. The second-order valence-electron chi connectivity index (χ2n) is 2.40. The van der Waals surface area contributed by atoms with Gasteiger partial charge in [-0.1, -0.05) is 0 Å². The minimum atomic E-state index is -0.424. The van der Waals surface area contributed by atoms with Gasteiger partial charge in [0.15, 0.2) is 0 Å². The van der Waals surface area contributed by atoms with Crippen LogP contribution in [0.2, 0.25) is 0 Å². The standard InChI is InChI=1S/C8H5NO3/c10-9(11)7-1-2-8-6(5-7)3-4-12-8/h1-5H. The molecule has 12 heavy (non-hydrogen) atoms. The molecule has 0 fully saturated rings. The maximum atomic E-state index is 10.3. The van der Waals surface area contributed by atoms with E-state index in [9.17, 15) is 10.1 Å². The van der Waals surface area contributed by atoms with Crippen LogP contribution in [0.15, 0.2) is 34.9 Å². The molecule has 1 heterocycles. The third-order valence-corrected chi connectivity index (χ3v) is 1.65. The summed E-state index contributed by atoms with van der Waals surface area (Å²) in [6.45, 7) is 0. The number of furan rings is 1. The molecule has 0 atom stereocenters. The largest absolute Gasteiger partial charge is 0.464 e. The molecule has 2 rings (SSSR count). The molecule has 4 heteroatoms. The molecule has 0 N–H and O–H groups in total. The van der Waals surface area contributed by atoms with E-state index in [1.54, 1.807) is 12.1 Å². The van der Waals surface area contributed by atoms with Crippen LogP contribution in [0.25, 0.3) is 11.0 Å². The van der Waals surface area contributed by atoms with Crippen LogP contribution in [0.5, 0.6) is 0 Å². The Bertz CT molecular complexity index is 433. The summed E-state index contributed by atoms with van der Waals surface area (Å²) in [5.74, 6) is 0. The molecule has 0 aliphatic carbocycles. The average Bonchev–Trinajstić information content (AvgIpc) is 2.49. The van der Waals surface area contributed by atoms with Crippen molar-refractivity contribution in [3.63, 3.8) is 0 Å². The van der Waals surface area contributed by atoms with Crippen LogP contribution in [0.1, 0.15) is 0 Å². The van der Waals surface area contributed by atoms with E-state index in [1.165, 1.54) is 18.4 Å². The number of hydrogen-bond acceptors (Lipinski definition) is 3. The van der Waals surface area contributed by atoms with E-state index in [0.717, 1.165) is 5.39 Å². The molecule has 2 aromatic rings. The minimum Gasteiger partial charge on any atom is -0.464 e. The Morgan fingerprint density at radius 1 is 1.33 bits per heavy atom.